The largest absolute Gasteiger partial charge is 0.338 e. The Kier molecular flexibility index (Phi) is 5.28. The van der Waals surface area contributed by atoms with Gasteiger partial charge in [0.15, 0.2) is 0 Å². The van der Waals surface area contributed by atoms with Gasteiger partial charge in [0.2, 0.25) is 11.7 Å². The van der Waals surface area contributed by atoms with Crippen molar-refractivity contribution in [1.82, 2.24) is 19.6 Å². The third kappa shape index (κ3) is 3.72. The Hall–Kier alpha value is -2.89. The van der Waals surface area contributed by atoms with Crippen LogP contribution in [0.5, 0.6) is 0 Å². The van der Waals surface area contributed by atoms with E-state index in [1.54, 1.807) is 0 Å². The third-order valence-electron chi connectivity index (χ3n) is 5.51. The number of rotatable bonds is 5. The Morgan fingerprint density at radius 1 is 1.21 bits per heavy atom. The van der Waals surface area contributed by atoms with Crippen LogP contribution in [0, 0.1) is 6.92 Å². The molecule has 6 nitrogen and oxygen atoms in total. The van der Waals surface area contributed by atoms with Gasteiger partial charge in [-0.05, 0) is 44.7 Å². The van der Waals surface area contributed by atoms with Gasteiger partial charge in [0, 0.05) is 24.3 Å². The number of hydrogen-bond donors (Lipinski definition) is 0. The fraction of sp³-hybridized carbons (Fsp3) is 0.409. The molecule has 4 rings (SSSR count). The second-order valence-corrected chi connectivity index (χ2v) is 7.46. The van der Waals surface area contributed by atoms with Gasteiger partial charge in [0.05, 0.1) is 0 Å². The highest BCUT2D eigenvalue weighted by Gasteiger charge is 2.26. The number of nitrogens with zero attached hydrogens (tertiary/aromatic N) is 4. The van der Waals surface area contributed by atoms with E-state index in [4.69, 9.17) is 4.52 Å². The lowest BCUT2D eigenvalue weighted by Crippen LogP contribution is -2.44. The second-order valence-electron chi connectivity index (χ2n) is 7.46. The lowest BCUT2D eigenvalue weighted by Gasteiger charge is -2.35. The summed E-state index contributed by atoms with van der Waals surface area (Å²) < 4.78 is 7.40. The molecular weight excluding hydrogens is 352 g/mol. The first-order valence-corrected chi connectivity index (χ1v) is 10.0. The molecule has 1 amide bonds. The molecule has 0 spiro atoms. The first-order chi connectivity index (χ1) is 13.7. The number of hydrogen-bond acceptors (Lipinski definition) is 4. The molecule has 2 aromatic heterocycles. The molecule has 1 aliphatic heterocycles. The number of likely N-dealkylation sites (tertiary alicyclic amines) is 1. The number of carbonyl (C=O) groups is 1. The minimum absolute atomic E-state index is 0.155. The number of carbonyl (C=O) groups excluding carboxylic acids is 1. The topological polar surface area (TPSA) is 64.2 Å². The van der Waals surface area contributed by atoms with Gasteiger partial charge in [-0.2, -0.15) is 4.98 Å². The molecule has 6 heteroatoms. The van der Waals surface area contributed by atoms with Crippen LogP contribution in [0.4, 0.5) is 0 Å². The monoisotopic (exact) mass is 378 g/mol. The summed E-state index contributed by atoms with van der Waals surface area (Å²) >= 11 is 0. The standard InChI is InChI=1S/C22H26N4O2/c1-3-18-7-4-5-14-26(18)20(27)15-25-13-6-8-19(25)22-23-21(24-28-22)17-11-9-16(2)10-12-17/h6,8-13,18H,3-5,7,14-15H2,1-2H3. The molecule has 1 fully saturated rings. The number of amides is 1. The quantitative estimate of drug-likeness (QED) is 0.664. The fourth-order valence-electron chi connectivity index (χ4n) is 3.88. The average Bonchev–Trinajstić information content (AvgIpc) is 3.38. The average molecular weight is 378 g/mol. The van der Waals surface area contributed by atoms with E-state index in [9.17, 15) is 4.79 Å². The van der Waals surface area contributed by atoms with Crippen LogP contribution in [0.3, 0.4) is 0 Å². The molecule has 146 valence electrons. The van der Waals surface area contributed by atoms with Crippen molar-refractivity contribution in [3.63, 3.8) is 0 Å². The summed E-state index contributed by atoms with van der Waals surface area (Å²) in [6, 6.07) is 12.2. The van der Waals surface area contributed by atoms with Crippen molar-refractivity contribution in [1.29, 1.82) is 0 Å². The van der Waals surface area contributed by atoms with E-state index >= 15 is 0 Å². The van der Waals surface area contributed by atoms with Gasteiger partial charge in [-0.25, -0.2) is 0 Å². The summed E-state index contributed by atoms with van der Waals surface area (Å²) in [5.74, 6) is 1.14. The van der Waals surface area contributed by atoms with E-state index in [0.29, 0.717) is 24.3 Å². The van der Waals surface area contributed by atoms with E-state index < -0.39 is 0 Å². The van der Waals surface area contributed by atoms with Gasteiger partial charge in [-0.15, -0.1) is 0 Å². The fourth-order valence-corrected chi connectivity index (χ4v) is 3.88. The van der Waals surface area contributed by atoms with E-state index in [1.165, 1.54) is 12.0 Å². The van der Waals surface area contributed by atoms with E-state index in [2.05, 4.69) is 17.1 Å². The molecule has 0 bridgehead atoms. The Balaban J connectivity index is 1.53. The number of benzene rings is 1. The van der Waals surface area contributed by atoms with Crippen LogP contribution in [0.25, 0.3) is 23.0 Å². The maximum Gasteiger partial charge on any atom is 0.274 e. The molecule has 1 saturated heterocycles. The van der Waals surface area contributed by atoms with Crippen molar-refractivity contribution in [2.45, 2.75) is 52.1 Å². The van der Waals surface area contributed by atoms with E-state index in [-0.39, 0.29) is 5.91 Å². The Bertz CT molecular complexity index is 942. The zero-order valence-corrected chi connectivity index (χ0v) is 16.5. The molecule has 3 aromatic rings. The number of piperidine rings is 1. The Morgan fingerprint density at radius 3 is 2.82 bits per heavy atom. The lowest BCUT2D eigenvalue weighted by molar-refractivity contribution is -0.135. The van der Waals surface area contributed by atoms with Crippen LogP contribution < -0.4 is 0 Å². The first-order valence-electron chi connectivity index (χ1n) is 10.0. The van der Waals surface area contributed by atoms with Gasteiger partial charge < -0.3 is 14.0 Å². The summed E-state index contributed by atoms with van der Waals surface area (Å²) in [6.07, 6.45) is 6.30. The number of aromatic nitrogens is 3. The van der Waals surface area contributed by atoms with Crippen LogP contribution in [0.15, 0.2) is 47.1 Å². The van der Waals surface area contributed by atoms with E-state index in [0.717, 1.165) is 37.1 Å². The van der Waals surface area contributed by atoms with Gasteiger partial charge >= 0.3 is 0 Å². The molecule has 0 radical (unpaired) electrons. The highest BCUT2D eigenvalue weighted by Crippen LogP contribution is 2.24. The molecule has 0 aliphatic carbocycles. The smallest absolute Gasteiger partial charge is 0.274 e. The van der Waals surface area contributed by atoms with Gasteiger partial charge in [-0.1, -0.05) is 41.9 Å². The molecule has 0 N–H and O–H groups in total. The van der Waals surface area contributed by atoms with Crippen LogP contribution in [0.1, 0.15) is 38.2 Å². The maximum atomic E-state index is 12.9. The van der Waals surface area contributed by atoms with Crippen molar-refractivity contribution in [2.24, 2.45) is 0 Å². The Morgan fingerprint density at radius 2 is 2.04 bits per heavy atom. The van der Waals surface area contributed by atoms with Gasteiger partial charge in [0.1, 0.15) is 12.2 Å². The predicted octanol–water partition coefficient (Wildman–Crippen LogP) is 4.30. The first kappa shape index (κ1) is 18.5. The predicted molar refractivity (Wildman–Crippen MR) is 108 cm³/mol. The molecule has 3 heterocycles. The summed E-state index contributed by atoms with van der Waals surface area (Å²) in [7, 11) is 0. The molecule has 1 aliphatic rings. The van der Waals surface area contributed by atoms with E-state index in [1.807, 2.05) is 59.0 Å². The summed E-state index contributed by atoms with van der Waals surface area (Å²) in [5, 5.41) is 4.11. The SMILES string of the molecule is CCC1CCCCN1C(=O)Cn1cccc1-c1nc(-c2ccc(C)cc2)no1. The number of aryl methyl sites for hydroxylation is 1. The zero-order chi connectivity index (χ0) is 19.5. The van der Waals surface area contributed by atoms with Crippen molar-refractivity contribution >= 4 is 5.91 Å². The maximum absolute atomic E-state index is 12.9. The van der Waals surface area contributed by atoms with Gasteiger partial charge in [-0.3, -0.25) is 4.79 Å². The Labute approximate surface area is 165 Å². The summed E-state index contributed by atoms with van der Waals surface area (Å²) in [5.41, 5.74) is 2.86. The molecule has 1 aromatic carbocycles. The second kappa shape index (κ2) is 8.00. The normalized spacial score (nSPS) is 17.1. The molecule has 1 unspecified atom stereocenters. The van der Waals surface area contributed by atoms with Gasteiger partial charge in [0.25, 0.3) is 5.89 Å². The minimum Gasteiger partial charge on any atom is -0.338 e. The van der Waals surface area contributed by atoms with Crippen LogP contribution in [-0.4, -0.2) is 38.1 Å². The molecule has 0 saturated carbocycles. The van der Waals surface area contributed by atoms with Crippen LogP contribution in [0.2, 0.25) is 0 Å². The van der Waals surface area contributed by atoms with Crippen molar-refractivity contribution < 1.29 is 9.32 Å². The molecule has 28 heavy (non-hydrogen) atoms. The highest BCUT2D eigenvalue weighted by molar-refractivity contribution is 5.77. The minimum atomic E-state index is 0.155. The summed E-state index contributed by atoms with van der Waals surface area (Å²) in [4.78, 5) is 19.5. The molecule has 1 atom stereocenters. The van der Waals surface area contributed by atoms with Crippen molar-refractivity contribution in [2.75, 3.05) is 6.54 Å². The van der Waals surface area contributed by atoms with Crippen LogP contribution in [-0.2, 0) is 11.3 Å². The van der Waals surface area contributed by atoms with Crippen LogP contribution >= 0.6 is 0 Å². The van der Waals surface area contributed by atoms with Crippen molar-refractivity contribution in [3.8, 4) is 23.0 Å². The summed E-state index contributed by atoms with van der Waals surface area (Å²) in [6.45, 7) is 5.34. The highest BCUT2D eigenvalue weighted by atomic mass is 16.5. The zero-order valence-electron chi connectivity index (χ0n) is 16.5. The third-order valence-corrected chi connectivity index (χ3v) is 5.51. The van der Waals surface area contributed by atoms with Crippen molar-refractivity contribution in [3.05, 3.63) is 48.2 Å². The molecular formula is C22H26N4O2. The lowest BCUT2D eigenvalue weighted by atomic mass is 10.00.